The lowest BCUT2D eigenvalue weighted by Crippen LogP contribution is -2.34. The van der Waals surface area contributed by atoms with Gasteiger partial charge in [0.2, 0.25) is 0 Å². The highest BCUT2D eigenvalue weighted by molar-refractivity contribution is 7.55. The van der Waals surface area contributed by atoms with Crippen LogP contribution in [-0.2, 0) is 13.6 Å². The van der Waals surface area contributed by atoms with Crippen molar-refractivity contribution in [2.75, 3.05) is 13.2 Å². The van der Waals surface area contributed by atoms with Gasteiger partial charge in [-0.1, -0.05) is 104 Å². The Labute approximate surface area is 192 Å². The zero-order valence-electron chi connectivity index (χ0n) is 20.7. The predicted molar refractivity (Wildman–Crippen MR) is 132 cm³/mol. The lowest BCUT2D eigenvalue weighted by Gasteiger charge is -2.31. The molecule has 0 N–H and O–H groups in total. The minimum atomic E-state index is -3.49. The van der Waals surface area contributed by atoms with Gasteiger partial charge in [0.05, 0.1) is 13.2 Å². The second kappa shape index (κ2) is 17.1. The van der Waals surface area contributed by atoms with Crippen LogP contribution in [0.2, 0.25) is 0 Å². The number of nitrogens with zero attached hydrogens (tertiary/aromatic N) is 1. The van der Waals surface area contributed by atoms with Crippen LogP contribution >= 0.6 is 7.60 Å². The predicted octanol–water partition coefficient (Wildman–Crippen LogP) is 8.59. The van der Waals surface area contributed by atoms with Gasteiger partial charge in [-0.05, 0) is 12.8 Å². The van der Waals surface area contributed by atoms with Crippen LogP contribution in [0.4, 0.5) is 0 Å². The largest absolute Gasteiger partial charge is 0.623 e. The molecule has 6 heteroatoms. The third-order valence-corrected chi connectivity index (χ3v) is 9.14. The van der Waals surface area contributed by atoms with Crippen molar-refractivity contribution in [1.82, 2.24) is 0 Å². The zero-order valence-corrected chi connectivity index (χ0v) is 21.6. The van der Waals surface area contributed by atoms with Crippen LogP contribution in [0.5, 0.6) is 0 Å². The van der Waals surface area contributed by atoms with E-state index in [0.717, 1.165) is 30.4 Å². The molecule has 5 nitrogen and oxygen atoms in total. The number of hydroxylamine groups is 1. The lowest BCUT2D eigenvalue weighted by atomic mass is 10.1. The van der Waals surface area contributed by atoms with Crippen molar-refractivity contribution < 1.29 is 18.4 Å². The van der Waals surface area contributed by atoms with Crippen molar-refractivity contribution in [3.05, 3.63) is 5.21 Å². The van der Waals surface area contributed by atoms with Crippen molar-refractivity contribution in [2.24, 2.45) is 0 Å². The van der Waals surface area contributed by atoms with Gasteiger partial charge in [-0.2, -0.15) is 4.74 Å². The van der Waals surface area contributed by atoms with Gasteiger partial charge in [-0.25, -0.2) is 0 Å². The summed E-state index contributed by atoms with van der Waals surface area (Å²) in [6.45, 7) is 7.03. The van der Waals surface area contributed by atoms with Gasteiger partial charge in [0.1, 0.15) is 0 Å². The molecule has 0 amide bonds. The molecule has 0 aromatic carbocycles. The molecule has 0 saturated carbocycles. The second-order valence-electron chi connectivity index (χ2n) is 9.38. The zero-order chi connectivity index (χ0) is 22.8. The highest BCUT2D eigenvalue weighted by Gasteiger charge is 2.56. The van der Waals surface area contributed by atoms with Crippen LogP contribution in [-0.4, -0.2) is 29.4 Å². The molecule has 184 valence electrons. The summed E-state index contributed by atoms with van der Waals surface area (Å²) >= 11 is 0. The van der Waals surface area contributed by atoms with E-state index in [9.17, 15) is 9.77 Å². The fraction of sp³-hybridized carbons (Fsp3) is 0.960. The van der Waals surface area contributed by atoms with Gasteiger partial charge in [0.15, 0.2) is 6.21 Å². The van der Waals surface area contributed by atoms with Crippen LogP contribution in [0.1, 0.15) is 136 Å². The SMILES string of the molecule is CCCCCCCCCCOP(=O)(OCCCCCCCCCC)C1(C)CCC=[N+]1[O-]. The van der Waals surface area contributed by atoms with Crippen LogP contribution in [0.3, 0.4) is 0 Å². The van der Waals surface area contributed by atoms with E-state index in [1.807, 2.05) is 0 Å². The molecule has 1 aliphatic rings. The van der Waals surface area contributed by atoms with E-state index in [0.29, 0.717) is 26.1 Å². The van der Waals surface area contributed by atoms with E-state index in [2.05, 4.69) is 13.8 Å². The Hall–Kier alpha value is -0.380. The fourth-order valence-corrected chi connectivity index (χ4v) is 6.27. The summed E-state index contributed by atoms with van der Waals surface area (Å²) in [6.07, 6.45) is 22.0. The summed E-state index contributed by atoms with van der Waals surface area (Å²) in [7, 11) is -3.49. The first-order chi connectivity index (χ1) is 15.0. The third-order valence-electron chi connectivity index (χ3n) is 6.50. The maximum atomic E-state index is 13.7. The molecular formula is C25H50NO4P. The Morgan fingerprint density at radius 1 is 0.774 bits per heavy atom. The Morgan fingerprint density at radius 2 is 1.16 bits per heavy atom. The minimum absolute atomic E-state index is 0.410. The van der Waals surface area contributed by atoms with Crippen LogP contribution in [0.25, 0.3) is 0 Å². The van der Waals surface area contributed by atoms with E-state index in [-0.39, 0.29) is 0 Å². The van der Waals surface area contributed by atoms with Gasteiger partial charge in [0, 0.05) is 19.8 Å². The number of hydrogen-bond acceptors (Lipinski definition) is 4. The monoisotopic (exact) mass is 459 g/mol. The molecule has 0 aliphatic carbocycles. The number of unbranched alkanes of at least 4 members (excludes halogenated alkanes) is 14. The standard InChI is InChI=1S/C25H50NO4P/c1-4-6-8-10-12-14-16-18-23-29-31(28,25(3)21-20-22-26(25)27)30-24-19-17-15-13-11-9-7-5-2/h22H,4-21,23-24H2,1-3H3. The molecule has 1 heterocycles. The maximum absolute atomic E-state index is 13.7. The topological polar surface area (TPSA) is 61.6 Å². The summed E-state index contributed by atoms with van der Waals surface area (Å²) in [5.74, 6) is 0. The molecule has 1 rings (SSSR count). The van der Waals surface area contributed by atoms with Gasteiger partial charge < -0.3 is 14.3 Å². The van der Waals surface area contributed by atoms with Crippen molar-refractivity contribution >= 4 is 13.8 Å². The summed E-state index contributed by atoms with van der Waals surface area (Å²) in [5, 5.41) is 11.3. The molecule has 0 radical (unpaired) electrons. The van der Waals surface area contributed by atoms with Crippen molar-refractivity contribution in [3.8, 4) is 0 Å². The highest BCUT2D eigenvalue weighted by Crippen LogP contribution is 2.63. The smallest absolute Gasteiger partial charge is 0.401 e. The van der Waals surface area contributed by atoms with Crippen LogP contribution in [0.15, 0.2) is 0 Å². The maximum Gasteiger partial charge on any atom is 0.401 e. The average molecular weight is 460 g/mol. The summed E-state index contributed by atoms with van der Waals surface area (Å²) < 4.78 is 26.2. The van der Waals surface area contributed by atoms with Gasteiger partial charge in [0.25, 0.3) is 5.28 Å². The molecule has 1 atom stereocenters. The highest BCUT2D eigenvalue weighted by atomic mass is 31.2. The number of rotatable bonds is 21. The summed E-state index contributed by atoms with van der Waals surface area (Å²) in [5.41, 5.74) is 0. The molecule has 0 aromatic rings. The molecule has 0 saturated heterocycles. The Kier molecular flexibility index (Phi) is 15.8. The molecule has 1 unspecified atom stereocenters. The normalized spacial score (nSPS) is 19.1. The van der Waals surface area contributed by atoms with Crippen LogP contribution in [0, 0.1) is 5.21 Å². The molecule has 0 aromatic heterocycles. The quantitative estimate of drug-likeness (QED) is 0.0746. The average Bonchev–Trinajstić information content (AvgIpc) is 3.11. The van der Waals surface area contributed by atoms with E-state index < -0.39 is 12.9 Å². The molecule has 0 spiro atoms. The first-order valence-corrected chi connectivity index (χ1v) is 14.7. The summed E-state index contributed by atoms with van der Waals surface area (Å²) in [4.78, 5) is 0. The molecular weight excluding hydrogens is 409 g/mol. The Morgan fingerprint density at radius 3 is 1.52 bits per heavy atom. The molecule has 1 aliphatic heterocycles. The van der Waals surface area contributed by atoms with Gasteiger partial charge >= 0.3 is 7.60 Å². The molecule has 31 heavy (non-hydrogen) atoms. The Balaban J connectivity index is 2.34. The second-order valence-corrected chi connectivity index (χ2v) is 11.9. The summed E-state index contributed by atoms with van der Waals surface area (Å²) in [6, 6.07) is 0. The van der Waals surface area contributed by atoms with E-state index in [1.165, 1.54) is 77.0 Å². The first kappa shape index (κ1) is 28.7. The minimum Gasteiger partial charge on any atom is -0.623 e. The van der Waals surface area contributed by atoms with Crippen LogP contribution < -0.4 is 0 Å². The van der Waals surface area contributed by atoms with Crippen molar-refractivity contribution in [2.45, 2.75) is 142 Å². The molecule has 0 fully saturated rings. The van der Waals surface area contributed by atoms with Crippen molar-refractivity contribution in [1.29, 1.82) is 0 Å². The van der Waals surface area contributed by atoms with Gasteiger partial charge in [-0.3, -0.25) is 4.57 Å². The number of hydrogen-bond donors (Lipinski definition) is 0. The van der Waals surface area contributed by atoms with E-state index in [4.69, 9.17) is 9.05 Å². The molecule has 0 bridgehead atoms. The lowest BCUT2D eigenvalue weighted by molar-refractivity contribution is -0.507. The van der Waals surface area contributed by atoms with E-state index in [1.54, 1.807) is 13.1 Å². The van der Waals surface area contributed by atoms with Crippen molar-refractivity contribution in [3.63, 3.8) is 0 Å². The third kappa shape index (κ3) is 10.9. The Bertz CT molecular complexity index is 500. The van der Waals surface area contributed by atoms with Gasteiger partial charge in [-0.15, -0.1) is 0 Å². The van der Waals surface area contributed by atoms with E-state index >= 15 is 0 Å². The fourth-order valence-electron chi connectivity index (χ4n) is 4.18. The first-order valence-electron chi connectivity index (χ1n) is 13.2.